The Kier molecular flexibility index (Phi) is 4.60. The molecular formula is C19H24N4. The predicted molar refractivity (Wildman–Crippen MR) is 96.4 cm³/mol. The third kappa shape index (κ3) is 3.52. The average molecular weight is 308 g/mol. The first-order valence-corrected chi connectivity index (χ1v) is 8.31. The van der Waals surface area contributed by atoms with Gasteiger partial charge in [0.2, 0.25) is 0 Å². The largest absolute Gasteiger partial charge is 0.378 e. The second kappa shape index (κ2) is 6.82. The maximum Gasteiger partial charge on any atom is 0.113 e. The zero-order valence-corrected chi connectivity index (χ0v) is 14.2. The molecule has 0 spiro atoms. The zero-order chi connectivity index (χ0) is 16.2. The van der Waals surface area contributed by atoms with E-state index in [0.717, 1.165) is 23.1 Å². The quantitative estimate of drug-likeness (QED) is 0.639. The summed E-state index contributed by atoms with van der Waals surface area (Å²) in [7, 11) is 4.07. The molecule has 0 saturated heterocycles. The summed E-state index contributed by atoms with van der Waals surface area (Å²) in [5, 5.41) is 9.23. The number of unbranched alkanes of at least 4 members (excludes halogenated alkanes) is 2. The van der Waals surface area contributed by atoms with E-state index in [9.17, 15) is 0 Å². The number of anilines is 1. The second-order valence-corrected chi connectivity index (χ2v) is 6.18. The highest BCUT2D eigenvalue weighted by atomic mass is 15.5. The highest BCUT2D eigenvalue weighted by Crippen LogP contribution is 2.18. The Morgan fingerprint density at radius 3 is 2.35 bits per heavy atom. The number of hydrogen-bond acceptors (Lipinski definition) is 3. The maximum absolute atomic E-state index is 4.64. The Hall–Kier alpha value is -2.36. The van der Waals surface area contributed by atoms with Gasteiger partial charge in [-0.15, -0.1) is 10.2 Å². The lowest BCUT2D eigenvalue weighted by molar-refractivity contribution is 0.717. The van der Waals surface area contributed by atoms with Crippen LogP contribution in [0.5, 0.6) is 0 Å². The van der Waals surface area contributed by atoms with E-state index in [-0.39, 0.29) is 0 Å². The van der Waals surface area contributed by atoms with E-state index in [4.69, 9.17) is 0 Å². The molecule has 0 radical (unpaired) electrons. The molecule has 23 heavy (non-hydrogen) atoms. The third-order valence-corrected chi connectivity index (χ3v) is 4.11. The van der Waals surface area contributed by atoms with Crippen LogP contribution in [0, 0.1) is 0 Å². The Morgan fingerprint density at radius 1 is 0.913 bits per heavy atom. The molecule has 0 amide bonds. The molecule has 3 aromatic rings. The molecule has 0 N–H and O–H groups in total. The number of fused-ring (bicyclic) bond motifs is 1. The molecule has 120 valence electrons. The Balaban J connectivity index is 1.84. The monoisotopic (exact) mass is 308 g/mol. The van der Waals surface area contributed by atoms with Crippen LogP contribution in [-0.4, -0.2) is 29.1 Å². The van der Waals surface area contributed by atoms with E-state index >= 15 is 0 Å². The minimum absolute atomic E-state index is 0.945. The Morgan fingerprint density at radius 2 is 1.65 bits per heavy atom. The lowest BCUT2D eigenvalue weighted by Gasteiger charge is -2.12. The number of aromatic nitrogens is 3. The summed E-state index contributed by atoms with van der Waals surface area (Å²) >= 11 is 0. The first-order valence-electron chi connectivity index (χ1n) is 8.31. The molecule has 0 saturated carbocycles. The molecule has 4 heteroatoms. The molecule has 0 bridgehead atoms. The van der Waals surface area contributed by atoms with Gasteiger partial charge < -0.3 is 4.90 Å². The Labute approximate surface area is 137 Å². The van der Waals surface area contributed by atoms with Gasteiger partial charge >= 0.3 is 0 Å². The van der Waals surface area contributed by atoms with Crippen molar-refractivity contribution < 1.29 is 0 Å². The third-order valence-electron chi connectivity index (χ3n) is 4.11. The second-order valence-electron chi connectivity index (χ2n) is 6.18. The van der Waals surface area contributed by atoms with Crippen molar-refractivity contribution in [1.82, 2.24) is 15.0 Å². The van der Waals surface area contributed by atoms with Gasteiger partial charge in [0.15, 0.2) is 0 Å². The predicted octanol–water partition coefficient (Wildman–Crippen LogP) is 4.22. The fourth-order valence-corrected chi connectivity index (χ4v) is 2.69. The normalized spacial score (nSPS) is 11.1. The molecular weight excluding hydrogens is 284 g/mol. The van der Waals surface area contributed by atoms with Gasteiger partial charge in [0.25, 0.3) is 0 Å². The molecule has 0 unspecified atom stereocenters. The van der Waals surface area contributed by atoms with Crippen molar-refractivity contribution in [2.45, 2.75) is 32.6 Å². The SMILES string of the molecule is CCCCCc1ccc2nn(-c3ccc(N(C)C)cc3)nc2c1. The van der Waals surface area contributed by atoms with Crippen LogP contribution in [0.2, 0.25) is 0 Å². The molecule has 1 heterocycles. The fraction of sp³-hybridized carbons (Fsp3) is 0.368. The molecule has 0 atom stereocenters. The van der Waals surface area contributed by atoms with E-state index in [1.807, 2.05) is 14.1 Å². The number of hydrogen-bond donors (Lipinski definition) is 0. The minimum Gasteiger partial charge on any atom is -0.378 e. The van der Waals surface area contributed by atoms with Crippen LogP contribution in [0.3, 0.4) is 0 Å². The van der Waals surface area contributed by atoms with Crippen molar-refractivity contribution in [2.24, 2.45) is 0 Å². The lowest BCUT2D eigenvalue weighted by Crippen LogP contribution is -2.08. The van der Waals surface area contributed by atoms with Crippen molar-refractivity contribution in [2.75, 3.05) is 19.0 Å². The maximum atomic E-state index is 4.64. The number of rotatable bonds is 6. The molecule has 0 aliphatic heterocycles. The van der Waals surface area contributed by atoms with Gasteiger partial charge in [-0.25, -0.2) is 0 Å². The van der Waals surface area contributed by atoms with Crippen LogP contribution in [0.15, 0.2) is 42.5 Å². The number of benzene rings is 2. The van der Waals surface area contributed by atoms with E-state index in [0.29, 0.717) is 0 Å². The summed E-state index contributed by atoms with van der Waals surface area (Å²) in [6.45, 7) is 2.23. The smallest absolute Gasteiger partial charge is 0.113 e. The highest BCUT2D eigenvalue weighted by molar-refractivity contribution is 5.74. The molecule has 0 aliphatic rings. The van der Waals surface area contributed by atoms with Gasteiger partial charge in [-0.1, -0.05) is 25.8 Å². The minimum atomic E-state index is 0.945. The van der Waals surface area contributed by atoms with E-state index < -0.39 is 0 Å². The van der Waals surface area contributed by atoms with Crippen LogP contribution < -0.4 is 4.90 Å². The highest BCUT2D eigenvalue weighted by Gasteiger charge is 2.06. The summed E-state index contributed by atoms with van der Waals surface area (Å²) in [4.78, 5) is 3.80. The van der Waals surface area contributed by atoms with Crippen LogP contribution >= 0.6 is 0 Å². The van der Waals surface area contributed by atoms with Gasteiger partial charge in [-0.05, 0) is 54.8 Å². The van der Waals surface area contributed by atoms with Crippen LogP contribution in [0.25, 0.3) is 16.7 Å². The van der Waals surface area contributed by atoms with Gasteiger partial charge in [-0.3, -0.25) is 0 Å². The summed E-state index contributed by atoms with van der Waals surface area (Å²) in [5.74, 6) is 0. The van der Waals surface area contributed by atoms with Crippen molar-refractivity contribution in [3.05, 3.63) is 48.0 Å². The molecule has 2 aromatic carbocycles. The summed E-state index contributed by atoms with van der Waals surface area (Å²) in [6.07, 6.45) is 4.89. The van der Waals surface area contributed by atoms with Crippen LogP contribution in [0.1, 0.15) is 31.7 Å². The summed E-state index contributed by atoms with van der Waals surface area (Å²) < 4.78 is 0. The lowest BCUT2D eigenvalue weighted by atomic mass is 10.1. The molecule has 1 aromatic heterocycles. The van der Waals surface area contributed by atoms with Crippen molar-refractivity contribution in [3.63, 3.8) is 0 Å². The first-order chi connectivity index (χ1) is 11.2. The van der Waals surface area contributed by atoms with E-state index in [1.165, 1.54) is 30.5 Å². The van der Waals surface area contributed by atoms with Crippen molar-refractivity contribution >= 4 is 16.7 Å². The molecule has 0 aliphatic carbocycles. The summed E-state index contributed by atoms with van der Waals surface area (Å²) in [6, 6.07) is 14.7. The van der Waals surface area contributed by atoms with E-state index in [2.05, 4.69) is 64.5 Å². The fourth-order valence-electron chi connectivity index (χ4n) is 2.69. The summed E-state index contributed by atoms with van der Waals surface area (Å²) in [5.41, 5.74) is 5.42. The topological polar surface area (TPSA) is 34.0 Å². The number of aryl methyl sites for hydroxylation is 1. The molecule has 3 rings (SSSR count). The van der Waals surface area contributed by atoms with Gasteiger partial charge in [0, 0.05) is 19.8 Å². The zero-order valence-electron chi connectivity index (χ0n) is 14.2. The van der Waals surface area contributed by atoms with Crippen molar-refractivity contribution in [1.29, 1.82) is 0 Å². The van der Waals surface area contributed by atoms with E-state index in [1.54, 1.807) is 4.80 Å². The van der Waals surface area contributed by atoms with Gasteiger partial charge in [0.1, 0.15) is 11.0 Å². The average Bonchev–Trinajstić information content (AvgIpc) is 2.98. The van der Waals surface area contributed by atoms with Crippen LogP contribution in [-0.2, 0) is 6.42 Å². The van der Waals surface area contributed by atoms with Gasteiger partial charge in [0.05, 0.1) is 5.69 Å². The molecule has 4 nitrogen and oxygen atoms in total. The Bertz CT molecular complexity index is 772. The standard InChI is InChI=1S/C19H24N4/c1-4-5-6-7-15-8-13-18-19(14-15)21-23(20-18)17-11-9-16(10-12-17)22(2)3/h8-14H,4-7H2,1-3H3. The molecule has 0 fully saturated rings. The van der Waals surface area contributed by atoms with Gasteiger partial charge in [-0.2, -0.15) is 4.80 Å². The van der Waals surface area contributed by atoms with Crippen molar-refractivity contribution in [3.8, 4) is 5.69 Å². The first kappa shape index (κ1) is 15.5. The van der Waals surface area contributed by atoms with Crippen LogP contribution in [0.4, 0.5) is 5.69 Å². The number of nitrogens with zero attached hydrogens (tertiary/aromatic N) is 4.